The van der Waals surface area contributed by atoms with E-state index >= 15 is 0 Å². The van der Waals surface area contributed by atoms with Crippen LogP contribution in [0.2, 0.25) is 0 Å². The number of thiazole rings is 1. The van der Waals surface area contributed by atoms with Gasteiger partial charge in [-0.1, -0.05) is 39.8 Å². The number of amides is 1. The van der Waals surface area contributed by atoms with E-state index in [9.17, 15) is 4.79 Å². The number of carbonyl (C=O) groups is 1. The second-order valence-electron chi connectivity index (χ2n) is 10.9. The van der Waals surface area contributed by atoms with Gasteiger partial charge in [0.05, 0.1) is 24.1 Å². The van der Waals surface area contributed by atoms with Crippen LogP contribution in [0.15, 0.2) is 64.3 Å². The van der Waals surface area contributed by atoms with Crippen LogP contribution in [0.3, 0.4) is 0 Å². The Bertz CT molecular complexity index is 1320. The van der Waals surface area contributed by atoms with Crippen molar-refractivity contribution in [2.45, 2.75) is 73.3 Å². The zero-order chi connectivity index (χ0) is 30.4. The summed E-state index contributed by atoms with van der Waals surface area (Å²) < 4.78 is 2.02. The maximum Gasteiger partial charge on any atom is 0.253 e. The number of aromatic nitrogens is 3. The number of amidine groups is 1. The van der Waals surface area contributed by atoms with Crippen molar-refractivity contribution in [2.24, 2.45) is 21.6 Å². The van der Waals surface area contributed by atoms with Gasteiger partial charge in [-0.25, -0.2) is 9.98 Å². The molecule has 3 rings (SSSR count). The van der Waals surface area contributed by atoms with Crippen molar-refractivity contribution in [1.29, 1.82) is 0 Å². The summed E-state index contributed by atoms with van der Waals surface area (Å²) in [6, 6.07) is 7.67. The largest absolute Gasteiger partial charge is 0.390 e. The minimum Gasteiger partial charge on any atom is -0.390 e. The van der Waals surface area contributed by atoms with Crippen LogP contribution in [0.1, 0.15) is 76.9 Å². The van der Waals surface area contributed by atoms with Crippen molar-refractivity contribution in [2.75, 3.05) is 18.4 Å². The highest BCUT2D eigenvalue weighted by Crippen LogP contribution is 2.24. The Morgan fingerprint density at radius 1 is 1.22 bits per heavy atom. The first-order valence-electron chi connectivity index (χ1n) is 14.0. The first-order valence-corrected chi connectivity index (χ1v) is 14.9. The van der Waals surface area contributed by atoms with Crippen LogP contribution in [0.25, 0.3) is 11.4 Å². The van der Waals surface area contributed by atoms with Crippen LogP contribution in [0.4, 0.5) is 5.13 Å². The summed E-state index contributed by atoms with van der Waals surface area (Å²) in [5.74, 6) is 1.40. The molecule has 41 heavy (non-hydrogen) atoms. The molecular formula is C31H46N8OS. The fraction of sp³-hybridized carbons (Fsp3) is 0.452. The van der Waals surface area contributed by atoms with Crippen LogP contribution in [-0.2, 0) is 5.54 Å². The summed E-state index contributed by atoms with van der Waals surface area (Å²) in [5.41, 5.74) is 9.09. The Kier molecular flexibility index (Phi) is 13.4. The zero-order valence-corrected chi connectivity index (χ0v) is 26.4. The summed E-state index contributed by atoms with van der Waals surface area (Å²) >= 11 is 1.48. The number of hydrogen-bond acceptors (Lipinski definition) is 6. The Balaban J connectivity index is 0.000000383. The van der Waals surface area contributed by atoms with E-state index < -0.39 is 0 Å². The van der Waals surface area contributed by atoms with E-state index in [1.54, 1.807) is 0 Å². The predicted molar refractivity (Wildman–Crippen MR) is 174 cm³/mol. The Hall–Kier alpha value is -3.79. The van der Waals surface area contributed by atoms with Gasteiger partial charge in [-0.2, -0.15) is 0 Å². The second kappa shape index (κ2) is 16.5. The average molecular weight is 579 g/mol. The van der Waals surface area contributed by atoms with Crippen molar-refractivity contribution in [3.05, 3.63) is 65.6 Å². The minimum atomic E-state index is -0.130. The van der Waals surface area contributed by atoms with E-state index in [1.165, 1.54) is 17.7 Å². The van der Waals surface area contributed by atoms with Crippen molar-refractivity contribution in [3.63, 3.8) is 0 Å². The summed E-state index contributed by atoms with van der Waals surface area (Å²) in [6.07, 6.45) is 8.25. The molecular weight excluding hydrogens is 532 g/mol. The Morgan fingerprint density at radius 2 is 1.98 bits per heavy atom. The number of aliphatic imine (C=N–C) groups is 2. The highest BCUT2D eigenvalue weighted by atomic mass is 32.1. The lowest BCUT2D eigenvalue weighted by atomic mass is 10.0. The molecule has 10 heteroatoms. The van der Waals surface area contributed by atoms with Crippen molar-refractivity contribution < 1.29 is 4.79 Å². The summed E-state index contributed by atoms with van der Waals surface area (Å²) in [4.78, 5) is 29.8. The third-order valence-electron chi connectivity index (χ3n) is 6.10. The lowest BCUT2D eigenvalue weighted by Gasteiger charge is -2.20. The number of rotatable bonds is 11. The number of hydrogen-bond donors (Lipinski definition) is 3. The summed E-state index contributed by atoms with van der Waals surface area (Å²) in [5, 5.41) is 8.70. The summed E-state index contributed by atoms with van der Waals surface area (Å²) in [6.45, 7) is 19.9. The molecule has 0 spiro atoms. The number of anilines is 1. The molecule has 0 fully saturated rings. The van der Waals surface area contributed by atoms with E-state index in [4.69, 9.17) is 5.73 Å². The monoisotopic (exact) mass is 578 g/mol. The van der Waals surface area contributed by atoms with Gasteiger partial charge in [-0.05, 0) is 58.2 Å². The van der Waals surface area contributed by atoms with Crippen molar-refractivity contribution in [1.82, 2.24) is 19.9 Å². The Labute approximate surface area is 249 Å². The smallest absolute Gasteiger partial charge is 0.253 e. The fourth-order valence-electron chi connectivity index (χ4n) is 3.51. The molecule has 3 aromatic rings. The van der Waals surface area contributed by atoms with Crippen LogP contribution >= 0.6 is 11.3 Å². The van der Waals surface area contributed by atoms with Gasteiger partial charge in [0.2, 0.25) is 0 Å². The van der Waals surface area contributed by atoms with Crippen LogP contribution in [0, 0.1) is 12.8 Å². The SMILES string of the molecule is C=C(CNC(=O)c1ccn(C(C)(C)C)c1)Nc1nc(-c2cccc(C)n2)cs1.CCCN=C(CC(C)CC)N=CN. The molecule has 3 heterocycles. The van der Waals surface area contributed by atoms with Crippen molar-refractivity contribution >= 4 is 34.5 Å². The molecule has 3 aromatic heterocycles. The van der Waals surface area contributed by atoms with Gasteiger partial charge in [-0.15, -0.1) is 11.3 Å². The van der Waals surface area contributed by atoms with Crippen molar-refractivity contribution in [3.8, 4) is 11.4 Å². The highest BCUT2D eigenvalue weighted by molar-refractivity contribution is 7.14. The third kappa shape index (κ3) is 11.7. The van der Waals surface area contributed by atoms with Gasteiger partial charge in [0.1, 0.15) is 11.5 Å². The number of carbonyl (C=O) groups excluding carboxylic acids is 1. The van der Waals surface area contributed by atoms with E-state index in [0.29, 0.717) is 23.7 Å². The molecule has 0 radical (unpaired) electrons. The van der Waals surface area contributed by atoms with Crippen LogP contribution < -0.4 is 16.4 Å². The first kappa shape index (κ1) is 33.4. The topological polar surface area (TPSA) is 123 Å². The Morgan fingerprint density at radius 3 is 2.59 bits per heavy atom. The van der Waals surface area contributed by atoms with Gasteiger partial charge >= 0.3 is 0 Å². The number of nitrogens with zero attached hydrogens (tertiary/aromatic N) is 5. The van der Waals surface area contributed by atoms with Gasteiger partial charge in [0.15, 0.2) is 5.13 Å². The van der Waals surface area contributed by atoms with E-state index in [-0.39, 0.29) is 11.4 Å². The number of nitrogens with two attached hydrogens (primary N) is 1. The molecule has 1 atom stereocenters. The molecule has 0 aliphatic heterocycles. The van der Waals surface area contributed by atoms with Crippen LogP contribution in [-0.4, -0.2) is 45.7 Å². The first-order chi connectivity index (χ1) is 19.5. The van der Waals surface area contributed by atoms with E-state index in [2.05, 4.69) is 78.7 Å². The van der Waals surface area contributed by atoms with Gasteiger partial charge in [-0.3, -0.25) is 14.8 Å². The molecule has 4 N–H and O–H groups in total. The molecule has 0 aromatic carbocycles. The number of aryl methyl sites for hydroxylation is 1. The molecule has 9 nitrogen and oxygen atoms in total. The molecule has 1 unspecified atom stereocenters. The van der Waals surface area contributed by atoms with Gasteiger partial charge < -0.3 is 20.9 Å². The molecule has 0 saturated carbocycles. The third-order valence-corrected chi connectivity index (χ3v) is 6.86. The molecule has 0 aliphatic carbocycles. The van der Waals surface area contributed by atoms with E-state index in [0.717, 1.165) is 53.9 Å². The quantitative estimate of drug-likeness (QED) is 0.174. The molecule has 0 aliphatic rings. The molecule has 0 bridgehead atoms. The second-order valence-corrected chi connectivity index (χ2v) is 11.7. The maximum atomic E-state index is 12.3. The lowest BCUT2D eigenvalue weighted by molar-refractivity contribution is 0.0957. The number of pyridine rings is 1. The standard InChI is InChI=1S/C21H25N5OS.C10H21N3/c1-14-7-6-8-17(23-14)18-13-28-20(25-18)24-15(2)11-22-19(27)16-9-10-26(12-16)21(3,4)5;1-4-6-12-10(13-8-11)7-9(3)5-2/h6-10,12-13H,2,11H2,1,3-5H3,(H,22,27)(H,24,25);8-9H,4-7H2,1-3H3,(H2,11,12,13). The molecule has 1 amide bonds. The predicted octanol–water partition coefficient (Wildman–Crippen LogP) is 6.64. The average Bonchev–Trinajstić information content (AvgIpc) is 3.61. The summed E-state index contributed by atoms with van der Waals surface area (Å²) in [7, 11) is 0. The zero-order valence-electron chi connectivity index (χ0n) is 25.6. The molecule has 0 saturated heterocycles. The van der Waals surface area contributed by atoms with Gasteiger partial charge in [0.25, 0.3) is 5.91 Å². The maximum absolute atomic E-state index is 12.3. The van der Waals surface area contributed by atoms with Crippen LogP contribution in [0.5, 0.6) is 0 Å². The minimum absolute atomic E-state index is 0.0572. The van der Waals surface area contributed by atoms with E-state index in [1.807, 2.05) is 53.5 Å². The highest BCUT2D eigenvalue weighted by Gasteiger charge is 2.15. The number of nitrogens with one attached hydrogen (secondary N) is 2. The lowest BCUT2D eigenvalue weighted by Crippen LogP contribution is -2.27. The normalized spacial score (nSPS) is 12.5. The molecule has 222 valence electrons. The fourth-order valence-corrected chi connectivity index (χ4v) is 4.26. The van der Waals surface area contributed by atoms with Gasteiger partial charge in [0, 0.05) is 47.7 Å².